The van der Waals surface area contributed by atoms with Crippen LogP contribution in [-0.2, 0) is 19.1 Å². The third-order valence-corrected chi connectivity index (χ3v) is 5.47. The minimum Gasteiger partial charge on any atom is -0.463 e. The van der Waals surface area contributed by atoms with Crippen LogP contribution in [0.5, 0.6) is 0 Å². The first-order valence-corrected chi connectivity index (χ1v) is 11.6. The first-order valence-electron chi connectivity index (χ1n) is 10.9. The van der Waals surface area contributed by atoms with E-state index >= 15 is 0 Å². The van der Waals surface area contributed by atoms with Gasteiger partial charge in [-0.15, -0.1) is 0 Å². The van der Waals surface area contributed by atoms with Crippen LogP contribution < -0.4 is 0 Å². The third-order valence-electron chi connectivity index (χ3n) is 4.99. The van der Waals surface area contributed by atoms with Crippen LogP contribution in [0.3, 0.4) is 0 Å². The van der Waals surface area contributed by atoms with Crippen molar-refractivity contribution in [3.63, 3.8) is 0 Å². The second-order valence-electron chi connectivity index (χ2n) is 7.41. The molecule has 0 amide bonds. The molecule has 1 aliphatic carbocycles. The summed E-state index contributed by atoms with van der Waals surface area (Å²) in [5.41, 5.74) is 4.47. The molecule has 2 aromatic rings. The Balaban J connectivity index is 1.88. The highest BCUT2D eigenvalue weighted by molar-refractivity contribution is 6.31. The van der Waals surface area contributed by atoms with Crippen molar-refractivity contribution >= 4 is 52.9 Å². The quantitative estimate of drug-likeness (QED) is 0.252. The fourth-order valence-electron chi connectivity index (χ4n) is 3.41. The maximum Gasteiger partial charge on any atom is 0.334 e. The Bertz CT molecular complexity index is 1230. The van der Waals surface area contributed by atoms with E-state index in [1.807, 2.05) is 30.3 Å². The largest absolute Gasteiger partial charge is 0.463 e. The number of hydrogen-bond acceptors (Lipinski definition) is 4. The van der Waals surface area contributed by atoms with Gasteiger partial charge in [0.2, 0.25) is 0 Å². The molecule has 1 aliphatic rings. The zero-order valence-corrected chi connectivity index (χ0v) is 20.5. The molecule has 0 aromatic heterocycles. The summed E-state index contributed by atoms with van der Waals surface area (Å²) in [5, 5.41) is 1.21. The summed E-state index contributed by atoms with van der Waals surface area (Å²) < 4.78 is 10.4. The lowest BCUT2D eigenvalue weighted by Gasteiger charge is -2.18. The molecule has 0 aliphatic heterocycles. The zero-order valence-electron chi connectivity index (χ0n) is 19.0. The Morgan fingerprint density at radius 2 is 1.71 bits per heavy atom. The molecule has 6 heteroatoms. The second-order valence-corrected chi connectivity index (χ2v) is 8.28. The molecule has 4 nitrogen and oxygen atoms in total. The minimum absolute atomic E-state index is 0.203. The van der Waals surface area contributed by atoms with E-state index in [2.05, 4.69) is 11.8 Å². The van der Waals surface area contributed by atoms with Gasteiger partial charge >= 0.3 is 11.9 Å². The molecule has 174 valence electrons. The molecule has 0 heterocycles. The van der Waals surface area contributed by atoms with E-state index in [9.17, 15) is 9.59 Å². The molecular formula is C28H24Cl2O4. The van der Waals surface area contributed by atoms with Gasteiger partial charge in [0.1, 0.15) is 0 Å². The Morgan fingerprint density at radius 1 is 1.00 bits per heavy atom. The van der Waals surface area contributed by atoms with Crippen molar-refractivity contribution in [2.45, 2.75) is 26.7 Å². The van der Waals surface area contributed by atoms with Crippen LogP contribution in [0.25, 0.3) is 17.7 Å². The SMILES string of the molecule is CCOC(=O)C(=Cc1ccc(Cl)cc1)CC#CC=C1CC(C(=O)OCC)=Cc2ccc(Cl)cc21. The van der Waals surface area contributed by atoms with Crippen molar-refractivity contribution in [3.8, 4) is 11.8 Å². The highest BCUT2D eigenvalue weighted by Crippen LogP contribution is 2.35. The normalized spacial score (nSPS) is 13.9. The van der Waals surface area contributed by atoms with Gasteiger partial charge in [-0.25, -0.2) is 9.59 Å². The summed E-state index contributed by atoms with van der Waals surface area (Å²) in [5.74, 6) is 5.29. The molecule has 2 aromatic carbocycles. The van der Waals surface area contributed by atoms with Crippen molar-refractivity contribution in [1.82, 2.24) is 0 Å². The number of esters is 2. The van der Waals surface area contributed by atoms with Crippen molar-refractivity contribution in [2.75, 3.05) is 13.2 Å². The average Bonchev–Trinajstić information content (AvgIpc) is 2.82. The highest BCUT2D eigenvalue weighted by atomic mass is 35.5. The van der Waals surface area contributed by atoms with Gasteiger partial charge in [0.25, 0.3) is 0 Å². The maximum absolute atomic E-state index is 12.4. The van der Waals surface area contributed by atoms with Crippen molar-refractivity contribution in [3.05, 3.63) is 86.4 Å². The first-order chi connectivity index (χ1) is 16.4. The minimum atomic E-state index is -0.415. The van der Waals surface area contributed by atoms with Crippen LogP contribution in [0.2, 0.25) is 10.0 Å². The molecule has 0 N–H and O–H groups in total. The molecule has 0 saturated heterocycles. The Kier molecular flexibility index (Phi) is 9.16. The number of allylic oxidation sites excluding steroid dienone is 2. The Hall–Kier alpha value is -3.26. The van der Waals surface area contributed by atoms with Crippen LogP contribution in [0, 0.1) is 11.8 Å². The van der Waals surface area contributed by atoms with E-state index in [-0.39, 0.29) is 19.0 Å². The molecular weight excluding hydrogens is 471 g/mol. The summed E-state index contributed by atoms with van der Waals surface area (Å²) in [6.45, 7) is 4.11. The number of fused-ring (bicyclic) bond motifs is 1. The topological polar surface area (TPSA) is 52.6 Å². The van der Waals surface area contributed by atoms with E-state index in [0.29, 0.717) is 34.2 Å². The fraction of sp³-hybridized carbons (Fsp3) is 0.214. The first kappa shape index (κ1) is 25.4. The summed E-state index contributed by atoms with van der Waals surface area (Å²) in [7, 11) is 0. The molecule has 0 unspecified atom stereocenters. The van der Waals surface area contributed by atoms with Gasteiger partial charge in [-0.3, -0.25) is 0 Å². The molecule has 0 saturated carbocycles. The van der Waals surface area contributed by atoms with Gasteiger partial charge in [-0.1, -0.05) is 53.2 Å². The number of hydrogen-bond donors (Lipinski definition) is 0. The standard InChI is InChI=1S/C28H24Cl2O4/c1-3-33-27(31)22(15-19-9-12-24(29)13-10-19)8-6-5-7-20-16-23(28(32)34-4-2)17-21-11-14-25(30)18-26(20)21/h7,9-15,17-18H,3-4,8,16H2,1-2H3. The van der Waals surface area contributed by atoms with Crippen LogP contribution in [0.1, 0.15) is 43.4 Å². The van der Waals surface area contributed by atoms with E-state index < -0.39 is 5.97 Å². The highest BCUT2D eigenvalue weighted by Gasteiger charge is 2.21. The van der Waals surface area contributed by atoms with E-state index in [1.54, 1.807) is 44.2 Å². The molecule has 3 rings (SSSR count). The van der Waals surface area contributed by atoms with Crippen LogP contribution in [0.4, 0.5) is 0 Å². The van der Waals surface area contributed by atoms with Crippen LogP contribution in [-0.4, -0.2) is 25.2 Å². The maximum atomic E-state index is 12.4. The summed E-state index contributed by atoms with van der Waals surface area (Å²) in [6.07, 6.45) is 5.91. The lowest BCUT2D eigenvalue weighted by atomic mass is 9.87. The lowest BCUT2D eigenvalue weighted by Crippen LogP contribution is -2.11. The molecule has 0 bridgehead atoms. The second kappa shape index (κ2) is 12.3. The molecule has 0 radical (unpaired) electrons. The van der Waals surface area contributed by atoms with Crippen LogP contribution >= 0.6 is 23.2 Å². The number of carbonyl (C=O) groups is 2. The lowest BCUT2D eigenvalue weighted by molar-refractivity contribution is -0.139. The van der Waals surface area contributed by atoms with Crippen LogP contribution in [0.15, 0.2) is 59.7 Å². The summed E-state index contributed by atoms with van der Waals surface area (Å²) in [4.78, 5) is 24.7. The Labute approximate surface area is 209 Å². The Morgan fingerprint density at radius 3 is 2.41 bits per heavy atom. The van der Waals surface area contributed by atoms with Crippen molar-refractivity contribution in [2.24, 2.45) is 0 Å². The molecule has 0 spiro atoms. The number of ether oxygens (including phenoxy) is 2. The van der Waals surface area contributed by atoms with Crippen molar-refractivity contribution in [1.29, 1.82) is 0 Å². The predicted molar refractivity (Wildman–Crippen MR) is 137 cm³/mol. The van der Waals surface area contributed by atoms with Gasteiger partial charge in [0.15, 0.2) is 0 Å². The number of carbonyl (C=O) groups excluding carboxylic acids is 2. The predicted octanol–water partition coefficient (Wildman–Crippen LogP) is 6.77. The smallest absolute Gasteiger partial charge is 0.334 e. The summed E-state index contributed by atoms with van der Waals surface area (Å²) in [6, 6.07) is 12.7. The molecule has 34 heavy (non-hydrogen) atoms. The van der Waals surface area contributed by atoms with E-state index in [4.69, 9.17) is 32.7 Å². The number of rotatable bonds is 6. The molecule has 0 atom stereocenters. The van der Waals surface area contributed by atoms with E-state index in [0.717, 1.165) is 22.3 Å². The van der Waals surface area contributed by atoms with E-state index in [1.165, 1.54) is 0 Å². The van der Waals surface area contributed by atoms with Gasteiger partial charge in [-0.05, 0) is 78.6 Å². The van der Waals surface area contributed by atoms with Gasteiger partial charge in [0, 0.05) is 34.0 Å². The average molecular weight is 495 g/mol. The number of halogens is 2. The van der Waals surface area contributed by atoms with Gasteiger partial charge < -0.3 is 9.47 Å². The molecule has 0 fully saturated rings. The van der Waals surface area contributed by atoms with Gasteiger partial charge in [-0.2, -0.15) is 0 Å². The van der Waals surface area contributed by atoms with Crippen molar-refractivity contribution < 1.29 is 19.1 Å². The third kappa shape index (κ3) is 6.87. The van der Waals surface area contributed by atoms with Gasteiger partial charge in [0.05, 0.1) is 13.2 Å². The summed E-state index contributed by atoms with van der Waals surface area (Å²) >= 11 is 12.1. The monoisotopic (exact) mass is 494 g/mol. The fourth-order valence-corrected chi connectivity index (χ4v) is 3.70. The number of benzene rings is 2. The zero-order chi connectivity index (χ0) is 24.5.